The third-order valence-corrected chi connectivity index (χ3v) is 10.9. The SMILES string of the molecule is C1=c2/c(sc3ccccc23)=C(/c2ccccc2)N=C(c2ccc3c(c2)c2cccc4oc5cc(-c6ccccc6)cc3c5c42)CCC1. The van der Waals surface area contributed by atoms with E-state index in [0.717, 1.165) is 47.4 Å². The van der Waals surface area contributed by atoms with E-state index in [1.165, 1.54) is 68.8 Å². The first-order valence-electron chi connectivity index (χ1n) is 16.3. The number of hydrogen-bond donors (Lipinski definition) is 0. The van der Waals surface area contributed by atoms with Crippen molar-refractivity contribution in [1.82, 2.24) is 0 Å². The average molecular weight is 620 g/mol. The van der Waals surface area contributed by atoms with Gasteiger partial charge in [-0.3, -0.25) is 4.99 Å². The Labute approximate surface area is 275 Å². The Balaban J connectivity index is 1.26. The van der Waals surface area contributed by atoms with Crippen LogP contribution in [0.15, 0.2) is 143 Å². The van der Waals surface area contributed by atoms with Crippen LogP contribution < -0.4 is 9.75 Å². The van der Waals surface area contributed by atoms with Gasteiger partial charge in [-0.2, -0.15) is 0 Å². The van der Waals surface area contributed by atoms with Crippen LogP contribution in [-0.4, -0.2) is 5.71 Å². The van der Waals surface area contributed by atoms with Gasteiger partial charge in [0, 0.05) is 32.1 Å². The van der Waals surface area contributed by atoms with Crippen LogP contribution in [0.5, 0.6) is 0 Å². The smallest absolute Gasteiger partial charge is 0.136 e. The Morgan fingerprint density at radius 2 is 1.28 bits per heavy atom. The second-order valence-corrected chi connectivity index (χ2v) is 13.6. The summed E-state index contributed by atoms with van der Waals surface area (Å²) in [6, 6.07) is 48.1. The molecule has 2 aromatic heterocycles. The van der Waals surface area contributed by atoms with Gasteiger partial charge in [0.1, 0.15) is 11.2 Å². The fourth-order valence-electron chi connectivity index (χ4n) is 7.56. The van der Waals surface area contributed by atoms with Crippen molar-refractivity contribution >= 4 is 82.4 Å². The lowest BCUT2D eigenvalue weighted by molar-refractivity contribution is 0.669. The summed E-state index contributed by atoms with van der Waals surface area (Å²) in [7, 11) is 0. The molecule has 0 radical (unpaired) electrons. The molecule has 0 fully saturated rings. The second-order valence-electron chi connectivity index (χ2n) is 12.5. The van der Waals surface area contributed by atoms with Crippen LogP contribution in [0.2, 0.25) is 0 Å². The first-order valence-corrected chi connectivity index (χ1v) is 17.2. The normalized spacial score (nSPS) is 15.1. The van der Waals surface area contributed by atoms with E-state index < -0.39 is 0 Å². The number of nitrogens with zero attached hydrogens (tertiary/aromatic N) is 1. The Hall–Kier alpha value is -5.51. The van der Waals surface area contributed by atoms with Crippen LogP contribution in [0.1, 0.15) is 30.4 Å². The molecule has 0 saturated carbocycles. The van der Waals surface area contributed by atoms with Gasteiger partial charge in [0.2, 0.25) is 0 Å². The van der Waals surface area contributed by atoms with Crippen molar-refractivity contribution in [2.45, 2.75) is 19.3 Å². The topological polar surface area (TPSA) is 25.5 Å². The quantitative estimate of drug-likeness (QED) is 0.181. The molecule has 0 bridgehead atoms. The summed E-state index contributed by atoms with van der Waals surface area (Å²) < 4.78 is 9.09. The molecule has 1 aliphatic rings. The summed E-state index contributed by atoms with van der Waals surface area (Å²) in [5, 5.41) is 10.0. The molecule has 0 unspecified atom stereocenters. The highest BCUT2D eigenvalue weighted by Crippen LogP contribution is 2.44. The number of thiophene rings is 1. The minimum atomic E-state index is 0.910. The molecule has 10 rings (SSSR count). The van der Waals surface area contributed by atoms with E-state index >= 15 is 0 Å². The molecule has 3 heteroatoms. The van der Waals surface area contributed by atoms with Crippen LogP contribution in [0, 0.1) is 0 Å². The Morgan fingerprint density at radius 3 is 2.15 bits per heavy atom. The van der Waals surface area contributed by atoms with E-state index in [2.05, 4.69) is 140 Å². The van der Waals surface area contributed by atoms with E-state index in [4.69, 9.17) is 9.41 Å². The Bertz CT molecular complexity index is 2800. The van der Waals surface area contributed by atoms with Crippen LogP contribution in [0.25, 0.3) is 76.5 Å². The molecule has 0 amide bonds. The summed E-state index contributed by atoms with van der Waals surface area (Å²) in [6.07, 6.45) is 5.41. The largest absolute Gasteiger partial charge is 0.456 e. The van der Waals surface area contributed by atoms with Crippen molar-refractivity contribution in [3.8, 4) is 11.1 Å². The third-order valence-electron chi connectivity index (χ3n) is 9.75. The molecular weight excluding hydrogens is 591 g/mol. The maximum Gasteiger partial charge on any atom is 0.136 e. The highest BCUT2D eigenvalue weighted by molar-refractivity contribution is 7.17. The van der Waals surface area contributed by atoms with Gasteiger partial charge in [-0.25, -0.2) is 0 Å². The fourth-order valence-corrected chi connectivity index (χ4v) is 8.78. The van der Waals surface area contributed by atoms with Crippen LogP contribution in [0.3, 0.4) is 0 Å². The summed E-state index contributed by atoms with van der Waals surface area (Å²) in [5.74, 6) is 0. The van der Waals surface area contributed by atoms with Gasteiger partial charge in [-0.05, 0) is 93.0 Å². The molecule has 9 aromatic rings. The lowest BCUT2D eigenvalue weighted by Crippen LogP contribution is -2.21. The van der Waals surface area contributed by atoms with Crippen molar-refractivity contribution < 1.29 is 4.42 Å². The zero-order valence-electron chi connectivity index (χ0n) is 25.7. The predicted molar refractivity (Wildman–Crippen MR) is 200 cm³/mol. The summed E-state index contributed by atoms with van der Waals surface area (Å²) in [4.78, 5) is 5.60. The molecule has 0 spiro atoms. The summed E-state index contributed by atoms with van der Waals surface area (Å²) >= 11 is 1.86. The van der Waals surface area contributed by atoms with Gasteiger partial charge in [0.25, 0.3) is 0 Å². The standard InChI is InChI=1S/C44H29NOS/c1-3-12-27(13-4-1)30-25-36-31-23-22-29(24-35(31)33-18-11-20-38-41(33)42(36)39(26-30)46-38)37-19-9-7-17-34-32-16-8-10-21-40(32)47-44(34)43(45-37)28-14-5-2-6-15-28/h1-6,8,10-18,20-26H,7,9,19H2/b34-17?,44-43+,45-37?. The molecule has 0 saturated heterocycles. The molecule has 47 heavy (non-hydrogen) atoms. The lowest BCUT2D eigenvalue weighted by Gasteiger charge is -2.13. The predicted octanol–water partition coefficient (Wildman–Crippen LogP) is 10.8. The van der Waals surface area contributed by atoms with E-state index in [1.54, 1.807) is 0 Å². The number of fused-ring (bicyclic) bond motifs is 6. The van der Waals surface area contributed by atoms with Crippen molar-refractivity contribution in [3.63, 3.8) is 0 Å². The molecule has 3 heterocycles. The Morgan fingerprint density at radius 1 is 0.532 bits per heavy atom. The van der Waals surface area contributed by atoms with E-state index in [9.17, 15) is 0 Å². The van der Waals surface area contributed by atoms with Gasteiger partial charge in [0.05, 0.1) is 10.2 Å². The van der Waals surface area contributed by atoms with Gasteiger partial charge in [-0.1, -0.05) is 109 Å². The molecule has 222 valence electrons. The number of rotatable bonds is 3. The molecule has 7 aromatic carbocycles. The van der Waals surface area contributed by atoms with Crippen LogP contribution in [-0.2, 0) is 0 Å². The van der Waals surface area contributed by atoms with Crippen molar-refractivity contribution in [2.75, 3.05) is 0 Å². The summed E-state index contributed by atoms with van der Waals surface area (Å²) in [5.41, 5.74) is 8.77. The molecule has 2 nitrogen and oxygen atoms in total. The van der Waals surface area contributed by atoms with Crippen LogP contribution >= 0.6 is 11.3 Å². The molecule has 0 N–H and O–H groups in total. The number of benzene rings is 7. The number of aliphatic imine (C=N–C) groups is 1. The van der Waals surface area contributed by atoms with Crippen molar-refractivity contribution in [1.29, 1.82) is 0 Å². The molecular formula is C44H29NOS. The first-order chi connectivity index (χ1) is 23.3. The minimum absolute atomic E-state index is 0.910. The molecule has 1 aliphatic heterocycles. The highest BCUT2D eigenvalue weighted by Gasteiger charge is 2.20. The second kappa shape index (κ2) is 10.5. The van der Waals surface area contributed by atoms with Crippen molar-refractivity contribution in [3.05, 3.63) is 154 Å². The summed E-state index contributed by atoms with van der Waals surface area (Å²) in [6.45, 7) is 0. The maximum absolute atomic E-state index is 6.53. The minimum Gasteiger partial charge on any atom is -0.456 e. The van der Waals surface area contributed by atoms with Gasteiger partial charge >= 0.3 is 0 Å². The monoisotopic (exact) mass is 619 g/mol. The average Bonchev–Trinajstić information content (AvgIpc) is 3.71. The number of furan rings is 1. The molecule has 0 atom stereocenters. The first kappa shape index (κ1) is 26.7. The fraction of sp³-hybridized carbons (Fsp3) is 0.0682. The van der Waals surface area contributed by atoms with Gasteiger partial charge < -0.3 is 4.42 Å². The van der Waals surface area contributed by atoms with Crippen molar-refractivity contribution in [2.24, 2.45) is 4.99 Å². The highest BCUT2D eigenvalue weighted by atomic mass is 32.1. The molecule has 0 aliphatic carbocycles. The Kier molecular flexibility index (Phi) is 5.97. The maximum atomic E-state index is 6.53. The van der Waals surface area contributed by atoms with E-state index in [1.807, 2.05) is 11.3 Å². The van der Waals surface area contributed by atoms with E-state index in [0.29, 0.717) is 0 Å². The zero-order chi connectivity index (χ0) is 30.9. The van der Waals surface area contributed by atoms with Gasteiger partial charge in [-0.15, -0.1) is 11.3 Å². The van der Waals surface area contributed by atoms with Gasteiger partial charge in [0.15, 0.2) is 0 Å². The zero-order valence-corrected chi connectivity index (χ0v) is 26.5. The third kappa shape index (κ3) is 4.20. The van der Waals surface area contributed by atoms with E-state index in [-0.39, 0.29) is 0 Å². The lowest BCUT2D eigenvalue weighted by atomic mass is 9.90. The number of hydrogen-bond acceptors (Lipinski definition) is 3. The van der Waals surface area contributed by atoms with Crippen LogP contribution in [0.4, 0.5) is 0 Å².